The smallest absolute Gasteiger partial charge is 0.119 e. The van der Waals surface area contributed by atoms with E-state index in [2.05, 4.69) is 31.8 Å². The molecule has 0 saturated heterocycles. The predicted octanol–water partition coefficient (Wildman–Crippen LogP) is 3.74. The van der Waals surface area contributed by atoms with Gasteiger partial charge in [0.05, 0.1) is 12.2 Å². The largest absolute Gasteiger partial charge is 0.393 e. The Morgan fingerprint density at radius 3 is 2.33 bits per heavy atom. The zero-order valence-electron chi connectivity index (χ0n) is 15.7. The highest BCUT2D eigenvalue weighted by atomic mass is 16.3. The Morgan fingerprint density at radius 2 is 1.75 bits per heavy atom. The van der Waals surface area contributed by atoms with Gasteiger partial charge in [0.1, 0.15) is 5.60 Å². The van der Waals surface area contributed by atoms with Gasteiger partial charge in [0.2, 0.25) is 0 Å². The maximum atomic E-state index is 9.65. The van der Waals surface area contributed by atoms with Gasteiger partial charge in [-0.1, -0.05) is 49.5 Å². The van der Waals surface area contributed by atoms with E-state index < -0.39 is 17.8 Å². The molecule has 0 aromatic carbocycles. The third-order valence-electron chi connectivity index (χ3n) is 4.19. The summed E-state index contributed by atoms with van der Waals surface area (Å²) in [6.07, 6.45) is 11.3. The summed E-state index contributed by atoms with van der Waals surface area (Å²) in [4.78, 5) is 0. The van der Waals surface area contributed by atoms with Gasteiger partial charge in [0.25, 0.3) is 0 Å². The molecular weight excluding hydrogens is 300 g/mol. The summed E-state index contributed by atoms with van der Waals surface area (Å²) < 4.78 is 0. The average Bonchev–Trinajstić information content (AvgIpc) is 2.39. The molecule has 0 radical (unpaired) electrons. The number of hydrogen-bond acceptors (Lipinski definition) is 3. The Morgan fingerprint density at radius 1 is 1.12 bits per heavy atom. The van der Waals surface area contributed by atoms with Crippen LogP contribution >= 0.6 is 0 Å². The van der Waals surface area contributed by atoms with E-state index in [1.54, 1.807) is 13.8 Å². The molecule has 1 rings (SSSR count). The first-order valence-electron chi connectivity index (χ1n) is 9.00. The van der Waals surface area contributed by atoms with E-state index >= 15 is 0 Å². The molecule has 0 aromatic heterocycles. The van der Waals surface area contributed by atoms with Crippen molar-refractivity contribution in [2.24, 2.45) is 5.41 Å². The van der Waals surface area contributed by atoms with Crippen LogP contribution in [0.3, 0.4) is 0 Å². The summed E-state index contributed by atoms with van der Waals surface area (Å²) in [7, 11) is 0. The number of unbranched alkanes of at least 4 members (excludes halogenated alkanes) is 1. The van der Waals surface area contributed by atoms with Gasteiger partial charge in [0.15, 0.2) is 0 Å². The van der Waals surface area contributed by atoms with Gasteiger partial charge in [-0.15, -0.1) is 0 Å². The molecule has 0 bridgehead atoms. The summed E-state index contributed by atoms with van der Waals surface area (Å²) >= 11 is 0. The standard InChI is InChI=1S/C21H34O3/c1-20(2,12-9-13-21(3,4)24)11-8-6-5-7-10-17-14-18(22)16-19(23)15-17/h5,7,10,18-19,22-24H,6,8,11-12,14-16H2,1-4H3/b7-5+,17-10?. The third kappa shape index (κ3) is 9.93. The maximum Gasteiger partial charge on any atom is 0.119 e. The molecule has 24 heavy (non-hydrogen) atoms. The highest BCUT2D eigenvalue weighted by molar-refractivity contribution is 5.16. The molecule has 1 aliphatic carbocycles. The minimum absolute atomic E-state index is 0.155. The van der Waals surface area contributed by atoms with E-state index in [0.717, 1.165) is 31.3 Å². The number of allylic oxidation sites excluding steroid dienone is 3. The summed E-state index contributed by atoms with van der Waals surface area (Å²) in [5, 5.41) is 28.9. The molecule has 3 heteroatoms. The van der Waals surface area contributed by atoms with Crippen molar-refractivity contribution in [1.29, 1.82) is 0 Å². The SMILES string of the molecule is CC(C)(O)C#CCC(C)(C)CCC/C=C/C=C1CC(O)CC(O)C1. The topological polar surface area (TPSA) is 60.7 Å². The zero-order valence-corrected chi connectivity index (χ0v) is 15.7. The molecule has 0 amide bonds. The van der Waals surface area contributed by atoms with Crippen LogP contribution in [0.4, 0.5) is 0 Å². The van der Waals surface area contributed by atoms with Crippen molar-refractivity contribution in [2.75, 3.05) is 0 Å². The lowest BCUT2D eigenvalue weighted by molar-refractivity contribution is 0.0609. The molecule has 136 valence electrons. The quantitative estimate of drug-likeness (QED) is 0.512. The minimum Gasteiger partial charge on any atom is -0.393 e. The predicted molar refractivity (Wildman–Crippen MR) is 99.4 cm³/mol. The van der Waals surface area contributed by atoms with Crippen molar-refractivity contribution in [1.82, 2.24) is 0 Å². The minimum atomic E-state index is -0.910. The average molecular weight is 335 g/mol. The Kier molecular flexibility index (Phi) is 8.22. The van der Waals surface area contributed by atoms with E-state index in [0.29, 0.717) is 19.3 Å². The van der Waals surface area contributed by atoms with E-state index in [4.69, 9.17) is 0 Å². The maximum absolute atomic E-state index is 9.65. The van der Waals surface area contributed by atoms with Crippen molar-refractivity contribution < 1.29 is 15.3 Å². The molecule has 0 spiro atoms. The van der Waals surface area contributed by atoms with Crippen LogP contribution in [0.15, 0.2) is 23.8 Å². The van der Waals surface area contributed by atoms with Gasteiger partial charge in [-0.25, -0.2) is 0 Å². The second-order valence-electron chi connectivity index (χ2n) is 8.30. The lowest BCUT2D eigenvalue weighted by atomic mass is 9.84. The van der Waals surface area contributed by atoms with Crippen LogP contribution in [-0.4, -0.2) is 33.1 Å². The van der Waals surface area contributed by atoms with Crippen LogP contribution in [0.5, 0.6) is 0 Å². The van der Waals surface area contributed by atoms with Crippen molar-refractivity contribution >= 4 is 0 Å². The van der Waals surface area contributed by atoms with Crippen molar-refractivity contribution in [3.63, 3.8) is 0 Å². The first-order valence-corrected chi connectivity index (χ1v) is 9.00. The monoisotopic (exact) mass is 334 g/mol. The van der Waals surface area contributed by atoms with Crippen molar-refractivity contribution in [3.8, 4) is 11.8 Å². The molecule has 1 fully saturated rings. The van der Waals surface area contributed by atoms with E-state index in [9.17, 15) is 15.3 Å². The highest BCUT2D eigenvalue weighted by Gasteiger charge is 2.21. The molecule has 0 aromatic rings. The molecule has 1 aliphatic rings. The lowest BCUT2D eigenvalue weighted by Crippen LogP contribution is -2.24. The second kappa shape index (κ2) is 9.42. The zero-order chi connectivity index (χ0) is 18.2. The molecule has 2 unspecified atom stereocenters. The molecule has 3 N–H and O–H groups in total. The van der Waals surface area contributed by atoms with E-state index in [-0.39, 0.29) is 5.41 Å². The summed E-state index contributed by atoms with van der Waals surface area (Å²) in [6.45, 7) is 7.83. The van der Waals surface area contributed by atoms with Crippen LogP contribution in [0, 0.1) is 17.3 Å². The first-order chi connectivity index (χ1) is 11.1. The number of hydrogen-bond donors (Lipinski definition) is 3. The molecule has 2 atom stereocenters. The van der Waals surface area contributed by atoms with Crippen LogP contribution in [0.1, 0.15) is 72.6 Å². The van der Waals surface area contributed by atoms with Crippen LogP contribution in [-0.2, 0) is 0 Å². The molecule has 0 heterocycles. The molecule has 1 saturated carbocycles. The fourth-order valence-corrected chi connectivity index (χ4v) is 2.89. The van der Waals surface area contributed by atoms with Crippen LogP contribution in [0.25, 0.3) is 0 Å². The molecule has 3 nitrogen and oxygen atoms in total. The Bertz CT molecular complexity index is 485. The lowest BCUT2D eigenvalue weighted by Gasteiger charge is -2.24. The van der Waals surface area contributed by atoms with Gasteiger partial charge in [-0.05, 0) is 57.8 Å². The third-order valence-corrected chi connectivity index (χ3v) is 4.19. The van der Waals surface area contributed by atoms with Crippen LogP contribution < -0.4 is 0 Å². The van der Waals surface area contributed by atoms with Gasteiger partial charge in [-0.3, -0.25) is 0 Å². The van der Waals surface area contributed by atoms with E-state index in [1.165, 1.54) is 0 Å². The first kappa shape index (κ1) is 21.0. The van der Waals surface area contributed by atoms with Gasteiger partial charge < -0.3 is 15.3 Å². The Balaban J connectivity index is 2.30. The second-order valence-corrected chi connectivity index (χ2v) is 8.30. The molecule has 0 aliphatic heterocycles. The number of aliphatic hydroxyl groups excluding tert-OH is 2. The van der Waals surface area contributed by atoms with E-state index in [1.807, 2.05) is 12.2 Å². The molecular formula is C21H34O3. The fraction of sp³-hybridized carbons (Fsp3) is 0.714. The number of aliphatic hydroxyl groups is 3. The van der Waals surface area contributed by atoms with Crippen LogP contribution in [0.2, 0.25) is 0 Å². The Labute approximate surface area is 147 Å². The van der Waals surface area contributed by atoms with Crippen molar-refractivity contribution in [2.45, 2.75) is 90.4 Å². The number of rotatable bonds is 6. The Hall–Kier alpha value is -1.08. The fourth-order valence-electron chi connectivity index (χ4n) is 2.89. The van der Waals surface area contributed by atoms with Gasteiger partial charge in [0, 0.05) is 6.42 Å². The summed E-state index contributed by atoms with van der Waals surface area (Å²) in [5.41, 5.74) is 0.370. The summed E-state index contributed by atoms with van der Waals surface area (Å²) in [5.74, 6) is 5.97. The summed E-state index contributed by atoms with van der Waals surface area (Å²) in [6, 6.07) is 0. The highest BCUT2D eigenvalue weighted by Crippen LogP contribution is 2.27. The van der Waals surface area contributed by atoms with Crippen molar-refractivity contribution in [3.05, 3.63) is 23.8 Å². The normalized spacial score (nSPS) is 22.4. The van der Waals surface area contributed by atoms with Gasteiger partial charge in [-0.2, -0.15) is 0 Å². The van der Waals surface area contributed by atoms with Gasteiger partial charge >= 0.3 is 0 Å².